The number of nitrogens with zero attached hydrogens (tertiary/aromatic N) is 3. The first-order valence-corrected chi connectivity index (χ1v) is 7.94. The normalized spacial score (nSPS) is 23.4. The second-order valence-corrected chi connectivity index (χ2v) is 7.37. The van der Waals surface area contributed by atoms with Crippen molar-refractivity contribution in [2.45, 2.75) is 69.7 Å². The van der Waals surface area contributed by atoms with Gasteiger partial charge in [-0.05, 0) is 46.5 Å². The molecular formula is C15H20F3N3O3. The van der Waals surface area contributed by atoms with E-state index in [-0.39, 0.29) is 18.7 Å². The Kier molecular flexibility index (Phi) is 3.80. The Hall–Kier alpha value is -1.80. The van der Waals surface area contributed by atoms with Crippen LogP contribution in [0.15, 0.2) is 4.52 Å². The van der Waals surface area contributed by atoms with Crippen LogP contribution in [0.25, 0.3) is 0 Å². The molecule has 9 heteroatoms. The van der Waals surface area contributed by atoms with Crippen LogP contribution in [0.3, 0.4) is 0 Å². The molecule has 3 rings (SSSR count). The van der Waals surface area contributed by atoms with Crippen LogP contribution in [0, 0.1) is 0 Å². The van der Waals surface area contributed by atoms with E-state index >= 15 is 0 Å². The van der Waals surface area contributed by atoms with Gasteiger partial charge in [-0.1, -0.05) is 5.16 Å². The van der Waals surface area contributed by atoms with Crippen molar-refractivity contribution in [1.29, 1.82) is 0 Å². The van der Waals surface area contributed by atoms with Gasteiger partial charge in [0.1, 0.15) is 11.0 Å². The van der Waals surface area contributed by atoms with Gasteiger partial charge in [0, 0.05) is 6.54 Å². The Morgan fingerprint density at radius 3 is 2.54 bits per heavy atom. The van der Waals surface area contributed by atoms with Crippen LogP contribution in [0.5, 0.6) is 0 Å². The van der Waals surface area contributed by atoms with Crippen LogP contribution in [-0.4, -0.2) is 39.5 Å². The van der Waals surface area contributed by atoms with Crippen molar-refractivity contribution in [3.63, 3.8) is 0 Å². The smallest absolute Gasteiger partial charge is 0.410 e. The predicted octanol–water partition coefficient (Wildman–Crippen LogP) is 3.74. The number of hydrogen-bond acceptors (Lipinski definition) is 5. The fourth-order valence-corrected chi connectivity index (χ4v) is 2.88. The minimum Gasteiger partial charge on any atom is -0.444 e. The second kappa shape index (κ2) is 5.35. The number of amides is 1. The van der Waals surface area contributed by atoms with Crippen LogP contribution >= 0.6 is 0 Å². The van der Waals surface area contributed by atoms with Gasteiger partial charge in [0.2, 0.25) is 5.89 Å². The fourth-order valence-electron chi connectivity index (χ4n) is 2.88. The molecule has 1 aliphatic heterocycles. The van der Waals surface area contributed by atoms with Gasteiger partial charge in [-0.15, -0.1) is 0 Å². The number of carbonyl (C=O) groups is 1. The predicted molar refractivity (Wildman–Crippen MR) is 76.2 cm³/mol. The third-order valence-corrected chi connectivity index (χ3v) is 4.32. The van der Waals surface area contributed by atoms with Crippen molar-refractivity contribution in [1.82, 2.24) is 15.0 Å². The summed E-state index contributed by atoms with van der Waals surface area (Å²) in [5, 5.41) is 3.71. The summed E-state index contributed by atoms with van der Waals surface area (Å²) in [5.74, 6) is -0.287. The Morgan fingerprint density at radius 1 is 1.33 bits per heavy atom. The third-order valence-electron chi connectivity index (χ3n) is 4.32. The monoisotopic (exact) mass is 347 g/mol. The molecule has 1 atom stereocenters. The lowest BCUT2D eigenvalue weighted by Crippen LogP contribution is -2.36. The zero-order valence-corrected chi connectivity index (χ0v) is 13.8. The Morgan fingerprint density at radius 2 is 2.00 bits per heavy atom. The first-order chi connectivity index (χ1) is 11.0. The molecule has 1 aliphatic carbocycles. The number of ether oxygens (including phenoxy) is 1. The average Bonchev–Trinajstić information content (AvgIpc) is 2.92. The molecule has 1 saturated carbocycles. The maximum atomic E-state index is 13.1. The van der Waals surface area contributed by atoms with Gasteiger partial charge in [-0.2, -0.15) is 18.2 Å². The number of halogens is 3. The first-order valence-electron chi connectivity index (χ1n) is 7.94. The van der Waals surface area contributed by atoms with Crippen LogP contribution in [-0.2, 0) is 10.2 Å². The molecule has 0 N–H and O–H groups in total. The number of likely N-dealkylation sites (tertiary alicyclic amines) is 1. The highest BCUT2D eigenvalue weighted by atomic mass is 19.4. The molecule has 1 aromatic rings. The second-order valence-electron chi connectivity index (χ2n) is 7.37. The lowest BCUT2D eigenvalue weighted by molar-refractivity contribution is -0.166. The van der Waals surface area contributed by atoms with E-state index in [1.165, 1.54) is 4.90 Å². The van der Waals surface area contributed by atoms with Crippen molar-refractivity contribution < 1.29 is 27.2 Å². The molecule has 1 unspecified atom stereocenters. The third kappa shape index (κ3) is 2.95. The number of alkyl halides is 3. The van der Waals surface area contributed by atoms with Gasteiger partial charge in [0.05, 0.1) is 6.04 Å². The van der Waals surface area contributed by atoms with Crippen molar-refractivity contribution in [3.05, 3.63) is 11.7 Å². The zero-order chi connectivity index (χ0) is 17.8. The van der Waals surface area contributed by atoms with Crippen molar-refractivity contribution in [2.75, 3.05) is 6.54 Å². The van der Waals surface area contributed by atoms with Gasteiger partial charge >= 0.3 is 12.3 Å². The molecule has 1 aromatic heterocycles. The molecule has 1 amide bonds. The van der Waals surface area contributed by atoms with Crippen LogP contribution < -0.4 is 0 Å². The Labute approximate surface area is 137 Å². The Balaban J connectivity index is 1.79. The van der Waals surface area contributed by atoms with E-state index in [1.54, 1.807) is 20.8 Å². The summed E-state index contributed by atoms with van der Waals surface area (Å²) in [6, 6.07) is -0.513. The van der Waals surface area contributed by atoms with Crippen molar-refractivity contribution in [3.8, 4) is 0 Å². The highest BCUT2D eigenvalue weighted by Crippen LogP contribution is 2.58. The minimum atomic E-state index is -4.41. The van der Waals surface area contributed by atoms with E-state index in [9.17, 15) is 18.0 Å². The Bertz CT molecular complexity index is 632. The van der Waals surface area contributed by atoms with Crippen molar-refractivity contribution in [2.24, 2.45) is 0 Å². The molecule has 6 nitrogen and oxygen atoms in total. The van der Waals surface area contributed by atoms with Crippen LogP contribution in [0.4, 0.5) is 18.0 Å². The van der Waals surface area contributed by atoms with E-state index in [2.05, 4.69) is 10.1 Å². The molecule has 0 bridgehead atoms. The summed E-state index contributed by atoms with van der Waals surface area (Å²) in [4.78, 5) is 17.7. The SMILES string of the molecule is CC(C)(C)OC(=O)N1CCCC1c1noc(C2(C(F)(F)F)CC2)n1. The molecule has 0 spiro atoms. The number of carbonyl (C=O) groups excluding carboxylic acids is 1. The lowest BCUT2D eigenvalue weighted by Gasteiger charge is -2.27. The summed E-state index contributed by atoms with van der Waals surface area (Å²) < 4.78 is 49.7. The largest absolute Gasteiger partial charge is 0.444 e. The average molecular weight is 347 g/mol. The minimum absolute atomic E-state index is 0.0431. The molecule has 2 heterocycles. The molecule has 2 fully saturated rings. The fraction of sp³-hybridized carbons (Fsp3) is 0.800. The van der Waals surface area contributed by atoms with Gasteiger partial charge < -0.3 is 9.26 Å². The maximum Gasteiger partial charge on any atom is 0.410 e. The summed E-state index contributed by atoms with van der Waals surface area (Å²) >= 11 is 0. The molecular weight excluding hydrogens is 327 g/mol. The summed E-state index contributed by atoms with van der Waals surface area (Å²) in [6.45, 7) is 5.71. The van der Waals surface area contributed by atoms with Gasteiger partial charge in [-0.3, -0.25) is 4.90 Å². The van der Waals surface area contributed by atoms with Crippen LogP contribution in [0.2, 0.25) is 0 Å². The van der Waals surface area contributed by atoms with E-state index in [1.807, 2.05) is 0 Å². The van der Waals surface area contributed by atoms with E-state index in [0.717, 1.165) is 0 Å². The summed E-state index contributed by atoms with van der Waals surface area (Å²) in [5.41, 5.74) is -2.66. The lowest BCUT2D eigenvalue weighted by atomic mass is 10.1. The first kappa shape index (κ1) is 17.0. The van der Waals surface area contributed by atoms with Crippen molar-refractivity contribution >= 4 is 6.09 Å². The quantitative estimate of drug-likeness (QED) is 0.815. The number of rotatable bonds is 2. The summed E-state index contributed by atoms with van der Waals surface area (Å²) in [6.07, 6.45) is -3.74. The molecule has 134 valence electrons. The van der Waals surface area contributed by atoms with E-state index < -0.39 is 35.2 Å². The number of aromatic nitrogens is 2. The number of hydrogen-bond donors (Lipinski definition) is 0. The van der Waals surface area contributed by atoms with Gasteiger partial charge in [0.25, 0.3) is 0 Å². The topological polar surface area (TPSA) is 68.5 Å². The highest BCUT2D eigenvalue weighted by molar-refractivity contribution is 5.69. The summed E-state index contributed by atoms with van der Waals surface area (Å²) in [7, 11) is 0. The van der Waals surface area contributed by atoms with Gasteiger partial charge in [0.15, 0.2) is 5.82 Å². The molecule has 1 saturated heterocycles. The molecule has 0 aromatic carbocycles. The molecule has 2 aliphatic rings. The zero-order valence-electron chi connectivity index (χ0n) is 13.8. The maximum absolute atomic E-state index is 13.1. The van der Waals surface area contributed by atoms with E-state index in [0.29, 0.717) is 19.4 Å². The highest BCUT2D eigenvalue weighted by Gasteiger charge is 2.68. The van der Waals surface area contributed by atoms with Gasteiger partial charge in [-0.25, -0.2) is 4.79 Å². The van der Waals surface area contributed by atoms with Crippen LogP contribution in [0.1, 0.15) is 64.2 Å². The van der Waals surface area contributed by atoms with E-state index in [4.69, 9.17) is 9.26 Å². The molecule has 24 heavy (non-hydrogen) atoms. The molecule has 0 radical (unpaired) electrons. The standard InChI is InChI=1S/C15H20F3N3O3/c1-13(2,3)23-12(22)21-8-4-5-9(21)10-19-11(24-20-10)14(6-7-14)15(16,17)18/h9H,4-8H2,1-3H3.